The van der Waals surface area contributed by atoms with E-state index in [1.54, 1.807) is 5.48 Å². The summed E-state index contributed by atoms with van der Waals surface area (Å²) in [6.45, 7) is -0.595. The topological polar surface area (TPSA) is 183 Å². The summed E-state index contributed by atoms with van der Waals surface area (Å²) >= 11 is 0. The highest BCUT2D eigenvalue weighted by Gasteiger charge is 2.37. The minimum Gasteiger partial charge on any atom is -0.390 e. The predicted octanol–water partition coefficient (Wildman–Crippen LogP) is -1.90. The molecule has 0 spiro atoms. The van der Waals surface area contributed by atoms with E-state index < -0.39 is 44.1 Å². The van der Waals surface area contributed by atoms with Crippen LogP contribution in [0.1, 0.15) is 12.6 Å². The van der Waals surface area contributed by atoms with Crippen LogP contribution in [0, 0.1) is 0 Å². The van der Waals surface area contributed by atoms with Crippen molar-refractivity contribution in [3.05, 3.63) is 26.9 Å². The summed E-state index contributed by atoms with van der Waals surface area (Å²) in [5, 5.41) is 18.8. The third kappa shape index (κ3) is 3.81. The van der Waals surface area contributed by atoms with Crippen molar-refractivity contribution in [1.82, 2.24) is 9.55 Å². The predicted molar refractivity (Wildman–Crippen MR) is 69.3 cm³/mol. The van der Waals surface area contributed by atoms with Crippen LogP contribution in [-0.2, 0) is 13.8 Å². The molecule has 1 aromatic rings. The van der Waals surface area contributed by atoms with E-state index in [9.17, 15) is 19.3 Å². The molecule has 1 aliphatic rings. The van der Waals surface area contributed by atoms with Gasteiger partial charge in [-0.15, -0.1) is 0 Å². The molecule has 6 N–H and O–H groups in total. The van der Waals surface area contributed by atoms with Gasteiger partial charge in [0.25, 0.3) is 5.56 Å². The third-order valence-corrected chi connectivity index (χ3v) is 3.48. The van der Waals surface area contributed by atoms with Crippen LogP contribution in [0.2, 0.25) is 0 Å². The van der Waals surface area contributed by atoms with E-state index in [-0.39, 0.29) is 12.2 Å². The zero-order valence-corrected chi connectivity index (χ0v) is 11.8. The van der Waals surface area contributed by atoms with E-state index >= 15 is 0 Å². The molecule has 1 aromatic heterocycles. The van der Waals surface area contributed by atoms with Crippen LogP contribution >= 0.6 is 7.82 Å². The third-order valence-electron chi connectivity index (χ3n) is 2.99. The zero-order valence-electron chi connectivity index (χ0n) is 10.9. The Morgan fingerprint density at radius 1 is 1.50 bits per heavy atom. The van der Waals surface area contributed by atoms with Crippen LogP contribution in [0.15, 0.2) is 15.7 Å². The maximum Gasteiger partial charge on any atom is 0.469 e. The van der Waals surface area contributed by atoms with Crippen molar-refractivity contribution in [2.75, 3.05) is 12.1 Å². The first-order chi connectivity index (χ1) is 10.2. The minimum absolute atomic E-state index is 0.115. The Bertz CT molecular complexity index is 694. The molecule has 0 saturated carbocycles. The maximum absolute atomic E-state index is 11.8. The summed E-state index contributed by atoms with van der Waals surface area (Å²) in [6, 6.07) is 0.899. The zero-order chi connectivity index (χ0) is 16.5. The summed E-state index contributed by atoms with van der Waals surface area (Å²) in [6.07, 6.45) is -3.44. The molecule has 0 unspecified atom stereocenters. The molecule has 22 heavy (non-hydrogen) atoms. The number of phosphoric ester groups is 1. The molecular formula is C9H14N3O9P. The summed E-state index contributed by atoms with van der Waals surface area (Å²) in [4.78, 5) is 42.1. The lowest BCUT2D eigenvalue weighted by Gasteiger charge is -2.18. The Hall–Kier alpha value is -1.53. The molecule has 0 amide bonds. The molecule has 1 fully saturated rings. The van der Waals surface area contributed by atoms with Crippen LogP contribution in [0.3, 0.4) is 0 Å². The maximum atomic E-state index is 11.8. The number of hydrogen-bond donors (Lipinski definition) is 6. The first kappa shape index (κ1) is 16.8. The quantitative estimate of drug-likeness (QED) is 0.261. The fourth-order valence-corrected chi connectivity index (χ4v) is 2.41. The first-order valence-corrected chi connectivity index (χ1v) is 7.54. The number of aliphatic hydroxyl groups is 1. The first-order valence-electron chi connectivity index (χ1n) is 6.01. The van der Waals surface area contributed by atoms with Crippen molar-refractivity contribution in [3.63, 3.8) is 0 Å². The molecule has 2 rings (SSSR count). The van der Waals surface area contributed by atoms with Crippen molar-refractivity contribution in [2.45, 2.75) is 24.9 Å². The summed E-state index contributed by atoms with van der Waals surface area (Å²) in [5.41, 5.74) is 0.0226. The normalized spacial score (nSPS) is 25.4. The van der Waals surface area contributed by atoms with Gasteiger partial charge in [-0.25, -0.2) is 9.36 Å². The second-order valence-electron chi connectivity index (χ2n) is 4.52. The number of aromatic amines is 1. The van der Waals surface area contributed by atoms with Gasteiger partial charge in [0.1, 0.15) is 18.1 Å². The van der Waals surface area contributed by atoms with Gasteiger partial charge in [-0.1, -0.05) is 0 Å². The number of aliphatic hydroxyl groups excluding tert-OH is 1. The molecule has 0 aliphatic carbocycles. The number of hydrogen-bond acceptors (Lipinski definition) is 8. The lowest BCUT2D eigenvalue weighted by atomic mass is 10.2. The fourth-order valence-electron chi connectivity index (χ4n) is 2.07. The van der Waals surface area contributed by atoms with Crippen LogP contribution in [0.25, 0.3) is 0 Å². The van der Waals surface area contributed by atoms with E-state index in [0.717, 1.165) is 10.6 Å². The van der Waals surface area contributed by atoms with Crippen LogP contribution in [0.4, 0.5) is 5.82 Å². The van der Waals surface area contributed by atoms with Gasteiger partial charge in [-0.05, 0) is 0 Å². The summed E-state index contributed by atoms with van der Waals surface area (Å²) in [7, 11) is -4.73. The lowest BCUT2D eigenvalue weighted by molar-refractivity contribution is -0.0446. The Kier molecular flexibility index (Phi) is 4.82. The Balaban J connectivity index is 2.21. The number of nitrogens with zero attached hydrogens (tertiary/aromatic N) is 1. The number of phosphoric acid groups is 1. The van der Waals surface area contributed by atoms with E-state index in [2.05, 4.69) is 4.52 Å². The van der Waals surface area contributed by atoms with E-state index in [1.807, 2.05) is 4.98 Å². The SMILES string of the molecule is O=c1cc(NO)n([C@H]2C[C@H](O)[C@@H](COP(=O)(O)O)O2)c(=O)[nH]1. The molecule has 1 saturated heterocycles. The molecule has 124 valence electrons. The number of H-pyrrole nitrogens is 1. The molecule has 2 heterocycles. The van der Waals surface area contributed by atoms with Gasteiger partial charge < -0.3 is 19.6 Å². The molecule has 13 heteroatoms. The van der Waals surface area contributed by atoms with E-state index in [4.69, 9.17) is 19.7 Å². The van der Waals surface area contributed by atoms with E-state index in [1.165, 1.54) is 0 Å². The second kappa shape index (κ2) is 6.30. The molecule has 0 bridgehead atoms. The highest BCUT2D eigenvalue weighted by molar-refractivity contribution is 7.46. The van der Waals surface area contributed by atoms with Gasteiger partial charge in [0.05, 0.1) is 12.7 Å². The van der Waals surface area contributed by atoms with Crippen molar-refractivity contribution in [3.8, 4) is 0 Å². The Labute approximate surface area is 122 Å². The molecule has 0 radical (unpaired) electrons. The standard InChI is InChI=1S/C9H14N3O9P/c13-4-1-8(21-5(4)3-20-22(17,18)19)12-6(11-16)2-7(14)10-9(12)15/h2,4-5,8,11,13,16H,1,3H2,(H,10,14,15)(H2,17,18,19)/t4-,5+,8+/m0/s1. The smallest absolute Gasteiger partial charge is 0.390 e. The van der Waals surface area contributed by atoms with Crippen LogP contribution in [-0.4, -0.2) is 48.5 Å². The molecule has 12 nitrogen and oxygen atoms in total. The highest BCUT2D eigenvalue weighted by Crippen LogP contribution is 2.38. The second-order valence-corrected chi connectivity index (χ2v) is 5.76. The Morgan fingerprint density at radius 3 is 2.77 bits per heavy atom. The van der Waals surface area contributed by atoms with Crippen LogP contribution in [0.5, 0.6) is 0 Å². The van der Waals surface area contributed by atoms with Gasteiger partial charge in [-0.2, -0.15) is 0 Å². The average molecular weight is 339 g/mol. The van der Waals surface area contributed by atoms with Crippen molar-refractivity contribution < 1.29 is 33.9 Å². The molecule has 1 aliphatic heterocycles. The van der Waals surface area contributed by atoms with Crippen molar-refractivity contribution in [2.24, 2.45) is 0 Å². The van der Waals surface area contributed by atoms with Crippen LogP contribution < -0.4 is 16.7 Å². The van der Waals surface area contributed by atoms with Gasteiger partial charge in [0.2, 0.25) is 0 Å². The average Bonchev–Trinajstić information content (AvgIpc) is 2.75. The minimum atomic E-state index is -4.73. The van der Waals surface area contributed by atoms with Gasteiger partial charge in [0, 0.05) is 12.5 Å². The lowest BCUT2D eigenvalue weighted by Crippen LogP contribution is -2.34. The molecule has 3 atom stereocenters. The monoisotopic (exact) mass is 339 g/mol. The molecular weight excluding hydrogens is 325 g/mol. The number of nitrogens with one attached hydrogen (secondary N) is 2. The number of ether oxygens (including phenoxy) is 1. The fraction of sp³-hybridized carbons (Fsp3) is 0.556. The van der Waals surface area contributed by atoms with Gasteiger partial charge in [-0.3, -0.25) is 29.6 Å². The molecule has 0 aromatic carbocycles. The largest absolute Gasteiger partial charge is 0.469 e. The van der Waals surface area contributed by atoms with Crippen molar-refractivity contribution in [1.29, 1.82) is 0 Å². The highest BCUT2D eigenvalue weighted by atomic mass is 31.2. The number of aromatic nitrogens is 2. The summed E-state index contributed by atoms with van der Waals surface area (Å²) in [5.74, 6) is -0.262. The Morgan fingerprint density at radius 2 is 2.18 bits per heavy atom. The number of anilines is 1. The van der Waals surface area contributed by atoms with Crippen molar-refractivity contribution >= 4 is 13.6 Å². The summed E-state index contributed by atoms with van der Waals surface area (Å²) < 4.78 is 21.0. The van der Waals surface area contributed by atoms with Gasteiger partial charge >= 0.3 is 13.5 Å². The van der Waals surface area contributed by atoms with E-state index in [0.29, 0.717) is 0 Å². The van der Waals surface area contributed by atoms with Gasteiger partial charge in [0.15, 0.2) is 0 Å². The number of rotatable bonds is 5.